The van der Waals surface area contributed by atoms with Crippen LogP contribution in [0, 0.1) is 5.92 Å². The number of halogens is 21. The number of hydrogen-bond donors (Lipinski definition) is 2. The summed E-state index contributed by atoms with van der Waals surface area (Å²) in [5.74, 6) is -78.2. The second-order valence-corrected chi connectivity index (χ2v) is 8.72. The van der Waals surface area contributed by atoms with Crippen LogP contribution in [0.4, 0.5) is 92.2 Å². The molecule has 0 saturated heterocycles. The van der Waals surface area contributed by atoms with Gasteiger partial charge in [-0.3, -0.25) is 0 Å². The minimum absolute atomic E-state index is 0.411. The predicted octanol–water partition coefficient (Wildman–Crippen LogP) is 6.94. The highest BCUT2D eigenvalue weighted by Gasteiger charge is 2.97. The molecule has 0 aliphatic carbocycles. The van der Waals surface area contributed by atoms with Crippen molar-refractivity contribution in [2.24, 2.45) is 17.4 Å². The molecular formula is C17H17F21N2O. The van der Waals surface area contributed by atoms with E-state index in [-0.39, 0.29) is 0 Å². The highest BCUT2D eigenvalue weighted by Crippen LogP contribution is 2.66. The van der Waals surface area contributed by atoms with E-state index >= 15 is 0 Å². The van der Waals surface area contributed by atoms with Gasteiger partial charge in [0.15, 0.2) is 0 Å². The Morgan fingerprint density at radius 2 is 0.780 bits per heavy atom. The lowest BCUT2D eigenvalue weighted by molar-refractivity contribution is -0.474. The topological polar surface area (TPSA) is 61.3 Å². The van der Waals surface area contributed by atoms with Gasteiger partial charge in [-0.25, -0.2) is 0 Å². The fourth-order valence-electron chi connectivity index (χ4n) is 2.52. The number of alkyl halides is 21. The zero-order valence-electron chi connectivity index (χ0n) is 19.7. The fourth-order valence-corrected chi connectivity index (χ4v) is 2.52. The third-order valence-corrected chi connectivity index (χ3v) is 5.74. The van der Waals surface area contributed by atoms with Crippen LogP contribution in [0.1, 0.15) is 20.3 Å². The zero-order valence-corrected chi connectivity index (χ0v) is 19.7. The first-order valence-corrected chi connectivity index (χ1v) is 10.0. The molecule has 41 heavy (non-hydrogen) atoms. The van der Waals surface area contributed by atoms with Gasteiger partial charge >= 0.3 is 59.5 Å². The molecule has 0 aromatic rings. The van der Waals surface area contributed by atoms with E-state index < -0.39 is 90.7 Å². The molecule has 0 amide bonds. The molecule has 0 saturated carbocycles. The van der Waals surface area contributed by atoms with E-state index in [0.29, 0.717) is 0 Å². The van der Waals surface area contributed by atoms with Crippen molar-refractivity contribution in [1.82, 2.24) is 0 Å². The minimum atomic E-state index is -9.20. The Bertz CT molecular complexity index is 910. The molecule has 0 aliphatic heterocycles. The summed E-state index contributed by atoms with van der Waals surface area (Å²) in [5.41, 5.74) is 8.35. The number of rotatable bonds is 14. The molecule has 0 radical (unpaired) electrons. The predicted molar refractivity (Wildman–Crippen MR) is 92.0 cm³/mol. The molecule has 2 unspecified atom stereocenters. The molecule has 0 bridgehead atoms. The summed E-state index contributed by atoms with van der Waals surface area (Å²) in [7, 11) is 0. The fraction of sp³-hybridized carbons (Fsp3) is 1.00. The van der Waals surface area contributed by atoms with Crippen LogP contribution in [-0.4, -0.2) is 78.4 Å². The molecule has 4 N–H and O–H groups in total. The van der Waals surface area contributed by atoms with Gasteiger partial charge in [-0.05, 0) is 13.5 Å². The van der Waals surface area contributed by atoms with E-state index in [2.05, 4.69) is 4.74 Å². The second-order valence-electron chi connectivity index (χ2n) is 8.72. The molecule has 0 spiro atoms. The van der Waals surface area contributed by atoms with Crippen LogP contribution in [0.2, 0.25) is 0 Å². The van der Waals surface area contributed by atoms with Gasteiger partial charge in [0.2, 0.25) is 0 Å². The van der Waals surface area contributed by atoms with Gasteiger partial charge < -0.3 is 16.2 Å². The highest BCUT2D eigenvalue weighted by molar-refractivity contribution is 5.17. The van der Waals surface area contributed by atoms with E-state index in [0.717, 1.165) is 13.8 Å². The lowest BCUT2D eigenvalue weighted by Gasteiger charge is -2.44. The Kier molecular flexibility index (Phi) is 10.1. The van der Waals surface area contributed by atoms with Crippen molar-refractivity contribution in [3.63, 3.8) is 0 Å². The highest BCUT2D eigenvalue weighted by atomic mass is 19.4. The Balaban J connectivity index is 6.72. The second kappa shape index (κ2) is 10.5. The van der Waals surface area contributed by atoms with Crippen molar-refractivity contribution in [3.8, 4) is 0 Å². The van der Waals surface area contributed by atoms with Crippen LogP contribution in [0.3, 0.4) is 0 Å². The van der Waals surface area contributed by atoms with Crippen molar-refractivity contribution < 1.29 is 96.9 Å². The van der Waals surface area contributed by atoms with E-state index in [1.165, 1.54) is 0 Å². The average Bonchev–Trinajstić information content (AvgIpc) is 2.76. The maximum absolute atomic E-state index is 13.8. The van der Waals surface area contributed by atoms with Gasteiger partial charge in [0.05, 0.1) is 6.61 Å². The van der Waals surface area contributed by atoms with Crippen molar-refractivity contribution in [2.75, 3.05) is 13.2 Å². The SMILES string of the molecule is CC(CN)C(C)(N)OCCC(F)(F)C(F)(F)C(F)(F)C(F)(F)C(F)(F)C(F)(F)C(F)(F)C(F)(F)C(F)(F)C(F)(F)F. The molecule has 0 aliphatic rings. The Morgan fingerprint density at radius 3 is 1.05 bits per heavy atom. The number of nitrogens with two attached hydrogens (primary N) is 2. The van der Waals surface area contributed by atoms with E-state index in [1.807, 2.05) is 0 Å². The molecule has 24 heteroatoms. The molecule has 2 atom stereocenters. The van der Waals surface area contributed by atoms with Gasteiger partial charge in [-0.15, -0.1) is 0 Å². The Labute approximate surface area is 214 Å². The largest absolute Gasteiger partial charge is 0.460 e. The Morgan fingerprint density at radius 1 is 0.512 bits per heavy atom. The third-order valence-electron chi connectivity index (χ3n) is 5.74. The van der Waals surface area contributed by atoms with Gasteiger partial charge in [0.1, 0.15) is 5.72 Å². The minimum Gasteiger partial charge on any atom is -0.361 e. The standard InChI is InChI=1S/C17H17F21N2O/c1-6(5-39)7(2,40)41-4-3-8(18,19)9(20,21)10(22,23)11(24,25)12(26,27)13(28,29)14(30,31)15(32,33)16(34,35)17(36,37)38/h6H,3-5,39-40H2,1-2H3. The monoisotopic (exact) mass is 664 g/mol. The van der Waals surface area contributed by atoms with Crippen LogP contribution < -0.4 is 11.5 Å². The quantitative estimate of drug-likeness (QED) is 0.156. The maximum atomic E-state index is 13.8. The smallest absolute Gasteiger partial charge is 0.361 e. The lowest BCUT2D eigenvalue weighted by atomic mass is 9.86. The molecule has 0 aromatic carbocycles. The first kappa shape index (κ1) is 39.4. The van der Waals surface area contributed by atoms with Crippen LogP contribution in [0.25, 0.3) is 0 Å². The first-order chi connectivity index (χ1) is 17.4. The van der Waals surface area contributed by atoms with Crippen molar-refractivity contribution in [3.05, 3.63) is 0 Å². The zero-order chi connectivity index (χ0) is 33.9. The van der Waals surface area contributed by atoms with Crippen molar-refractivity contribution >= 4 is 0 Å². The lowest BCUT2D eigenvalue weighted by Crippen LogP contribution is -2.76. The molecule has 0 fully saturated rings. The third kappa shape index (κ3) is 5.59. The van der Waals surface area contributed by atoms with Crippen LogP contribution in [0.5, 0.6) is 0 Å². The van der Waals surface area contributed by atoms with Gasteiger partial charge in [0, 0.05) is 12.3 Å². The first-order valence-electron chi connectivity index (χ1n) is 10.0. The number of ether oxygens (including phenoxy) is 1. The summed E-state index contributed by atoms with van der Waals surface area (Å²) in [4.78, 5) is 0. The summed E-state index contributed by atoms with van der Waals surface area (Å²) >= 11 is 0. The summed E-state index contributed by atoms with van der Waals surface area (Å²) in [6, 6.07) is 0. The molecule has 3 nitrogen and oxygen atoms in total. The average molecular weight is 664 g/mol. The van der Waals surface area contributed by atoms with Gasteiger partial charge in [-0.2, -0.15) is 92.2 Å². The summed E-state index contributed by atoms with van der Waals surface area (Å²) in [5, 5.41) is 0. The maximum Gasteiger partial charge on any atom is 0.460 e. The molecule has 0 aromatic heterocycles. The van der Waals surface area contributed by atoms with Crippen molar-refractivity contribution in [1.29, 1.82) is 0 Å². The van der Waals surface area contributed by atoms with Crippen LogP contribution >= 0.6 is 0 Å². The van der Waals surface area contributed by atoms with Crippen LogP contribution in [-0.2, 0) is 4.74 Å². The van der Waals surface area contributed by atoms with Crippen molar-refractivity contribution in [2.45, 2.75) is 85.5 Å². The molecule has 248 valence electrons. The van der Waals surface area contributed by atoms with E-state index in [1.54, 1.807) is 0 Å². The number of hydrogen-bond acceptors (Lipinski definition) is 3. The summed E-state index contributed by atoms with van der Waals surface area (Å²) in [6.45, 7) is -0.380. The van der Waals surface area contributed by atoms with E-state index in [9.17, 15) is 92.2 Å². The molecule has 0 heterocycles. The van der Waals surface area contributed by atoms with E-state index in [4.69, 9.17) is 11.5 Å². The molecular weight excluding hydrogens is 647 g/mol. The normalized spacial score (nSPS) is 18.4. The Hall–Kier alpha value is -1.59. The van der Waals surface area contributed by atoms with Gasteiger partial charge in [-0.1, -0.05) is 6.92 Å². The van der Waals surface area contributed by atoms with Gasteiger partial charge in [0.25, 0.3) is 0 Å². The summed E-state index contributed by atoms with van der Waals surface area (Å²) in [6.07, 6.45) is -10.9. The molecule has 0 rings (SSSR count). The summed E-state index contributed by atoms with van der Waals surface area (Å²) < 4.78 is 284. The van der Waals surface area contributed by atoms with Crippen LogP contribution in [0.15, 0.2) is 0 Å².